The van der Waals surface area contributed by atoms with E-state index in [4.69, 9.17) is 25.2 Å². The minimum absolute atomic E-state index is 0.0246. The normalized spacial score (nSPS) is 24.6. The molecule has 0 aromatic heterocycles. The number of benzene rings is 1. The molecule has 4 N–H and O–H groups in total. The Hall–Kier alpha value is -3.67. The number of ether oxygens (including phenoxy) is 5. The molecular weight excluding hydrogens is 1400 g/mol. The highest BCUT2D eigenvalue weighted by Gasteiger charge is 2.53. The molecule has 4 heterocycles. The summed E-state index contributed by atoms with van der Waals surface area (Å²) in [6, 6.07) is 7.15. The van der Waals surface area contributed by atoms with E-state index in [1.54, 1.807) is 101 Å². The average Bonchev–Trinajstić information content (AvgIpc) is 1.76. The first kappa shape index (κ1) is 91.3. The molecule has 6 bridgehead atoms. The van der Waals surface area contributed by atoms with Crippen LogP contribution in [0.5, 0.6) is 0 Å². The summed E-state index contributed by atoms with van der Waals surface area (Å²) in [7, 11) is -23.5. The summed E-state index contributed by atoms with van der Waals surface area (Å²) in [5.41, 5.74) is -2.02. The molecule has 6 aliphatic rings. The van der Waals surface area contributed by atoms with Crippen LogP contribution in [0.4, 0.5) is 35.1 Å². The first-order valence-electron chi connectivity index (χ1n) is 29.4. The topological polar surface area (TPSA) is 424 Å². The van der Waals surface area contributed by atoms with E-state index in [0.29, 0.717) is 57.6 Å². The van der Waals surface area contributed by atoms with Crippen molar-refractivity contribution in [3.8, 4) is 0 Å². The van der Waals surface area contributed by atoms with Crippen molar-refractivity contribution in [3.05, 3.63) is 35.9 Å². The van der Waals surface area contributed by atoms with Crippen molar-refractivity contribution in [2.24, 2.45) is 29.6 Å². The Morgan fingerprint density at radius 1 is 0.463 bits per heavy atom. The highest BCUT2D eigenvalue weighted by molar-refractivity contribution is 8.01. The Bertz CT molecular complexity index is 2820. The van der Waals surface area contributed by atoms with Crippen LogP contribution in [0.15, 0.2) is 30.3 Å². The van der Waals surface area contributed by atoms with Crippen molar-refractivity contribution in [2.45, 2.75) is 266 Å². The second-order valence-corrected chi connectivity index (χ2v) is 34.5. The number of rotatable bonds is 16. The Morgan fingerprint density at radius 2 is 0.800 bits per heavy atom. The smallest absolute Gasteiger partial charge is 0.370 e. The first-order chi connectivity index (χ1) is 42.0. The lowest BCUT2D eigenvalue weighted by Crippen LogP contribution is -2.43. The maximum atomic E-state index is 13.2. The van der Waals surface area contributed by atoms with E-state index >= 15 is 0 Å². The Labute approximate surface area is 554 Å². The van der Waals surface area contributed by atoms with Crippen LogP contribution in [-0.4, -0.2) is 187 Å². The van der Waals surface area contributed by atoms with E-state index in [-0.39, 0.29) is 28.9 Å². The molecule has 6 fully saturated rings. The van der Waals surface area contributed by atoms with Gasteiger partial charge in [0.2, 0.25) is 0 Å². The summed E-state index contributed by atoms with van der Waals surface area (Å²) < 4.78 is 253. The summed E-state index contributed by atoms with van der Waals surface area (Å²) in [6.45, 7) is 23.7. The maximum Gasteiger partial charge on any atom is 0.370 e. The summed E-state index contributed by atoms with van der Waals surface area (Å²) in [6.07, 6.45) is -2.00. The van der Waals surface area contributed by atoms with Crippen LogP contribution in [-0.2, 0) is 78.5 Å². The van der Waals surface area contributed by atoms with Gasteiger partial charge in [0.05, 0.1) is 57.9 Å². The Balaban J connectivity index is 0.00000113. The van der Waals surface area contributed by atoms with Gasteiger partial charge in [0.25, 0.3) is 0 Å². The fourth-order valence-electron chi connectivity index (χ4n) is 8.98. The lowest BCUT2D eigenvalue weighted by atomic mass is 9.89. The molecule has 25 nitrogen and oxygen atoms in total. The van der Waals surface area contributed by atoms with E-state index in [1.165, 1.54) is 24.3 Å². The summed E-state index contributed by atoms with van der Waals surface area (Å²) >= 11 is 1.64. The number of carbonyl (C=O) groups excluding carboxylic acids is 4. The molecule has 2 aliphatic carbocycles. The number of thioether (sulfide) groups is 1. The molecule has 2 saturated carbocycles. The fourth-order valence-corrected chi connectivity index (χ4v) is 12.6. The number of esters is 4. The summed E-state index contributed by atoms with van der Waals surface area (Å²) in [4.78, 5) is 46.6. The number of hydrogen-bond donors (Lipinski definition) is 4. The molecule has 4 aliphatic heterocycles. The predicted molar refractivity (Wildman–Crippen MR) is 322 cm³/mol. The van der Waals surface area contributed by atoms with Crippen molar-refractivity contribution in [2.75, 3.05) is 0 Å². The van der Waals surface area contributed by atoms with Gasteiger partial charge in [-0.15, -0.1) is 0 Å². The molecule has 0 spiro atoms. The molecule has 95 heavy (non-hydrogen) atoms. The zero-order valence-electron chi connectivity index (χ0n) is 55.4. The molecule has 1 aromatic carbocycles. The van der Waals surface area contributed by atoms with Gasteiger partial charge in [-0.1, -0.05) is 24.6 Å². The zero-order chi connectivity index (χ0) is 75.2. The number of aliphatic hydroxyl groups is 4. The minimum Gasteiger partial charge on any atom is -0.743 e. The third kappa shape index (κ3) is 32.5. The molecule has 0 amide bonds. The second kappa shape index (κ2) is 35.1. The van der Waals surface area contributed by atoms with E-state index in [2.05, 4.69) is 18.9 Å². The molecule has 0 radical (unpaired) electrons. The van der Waals surface area contributed by atoms with E-state index in [0.717, 1.165) is 45.4 Å². The highest BCUT2D eigenvalue weighted by Crippen LogP contribution is 2.51. The van der Waals surface area contributed by atoms with Gasteiger partial charge in [0.1, 0.15) is 0 Å². The SMILES string of the molecule is CC(C)(C)O.CC(C)(C)O.CC(C)(C)O.CC(C)(C)O.CC(OC(=O)C1CC2CCC1C2)C(F)(F)S(=O)(=O)[O-].CC(OC(=O)C1CC2CCC1O2)C(F)(F)S(=O)(=O)[O-].CC(OC(=O)C1CC2CCC1S2)C(F)(F)S(=O)(=O)[O-].CC(OC(=O)c1ccccc1)C(F)(F)S(=O)(=O)[O-]. The number of hydrogen-bond acceptors (Lipinski definition) is 26. The van der Waals surface area contributed by atoms with Crippen LogP contribution < -0.4 is 0 Å². The van der Waals surface area contributed by atoms with Gasteiger partial charge in [-0.3, -0.25) is 14.4 Å². The van der Waals surface area contributed by atoms with Gasteiger partial charge < -0.3 is 62.3 Å². The van der Waals surface area contributed by atoms with E-state index in [9.17, 15) is 106 Å². The van der Waals surface area contributed by atoms with Crippen molar-refractivity contribution in [1.29, 1.82) is 0 Å². The van der Waals surface area contributed by atoms with Crippen molar-refractivity contribution >= 4 is 76.1 Å². The molecule has 558 valence electrons. The minimum atomic E-state index is -5.89. The van der Waals surface area contributed by atoms with Crippen molar-refractivity contribution in [3.63, 3.8) is 0 Å². The average molecular weight is 1490 g/mol. The van der Waals surface area contributed by atoms with E-state index in [1.807, 2.05) is 0 Å². The number of carbonyl (C=O) groups is 4. The predicted octanol–water partition coefficient (Wildman–Crippen LogP) is 7.93. The molecule has 13 atom stereocenters. The molecular formula is C57H90F8O25S5-4. The second-order valence-electron chi connectivity index (χ2n) is 27.1. The lowest BCUT2D eigenvalue weighted by Gasteiger charge is -2.28. The fraction of sp³-hybridized carbons (Fsp3) is 0.825. The zero-order valence-corrected chi connectivity index (χ0v) is 59.5. The van der Waals surface area contributed by atoms with Gasteiger partial charge in [-0.2, -0.15) is 46.9 Å². The van der Waals surface area contributed by atoms with Crippen LogP contribution in [0.25, 0.3) is 0 Å². The lowest BCUT2D eigenvalue weighted by molar-refractivity contribution is -0.167. The van der Waals surface area contributed by atoms with E-state index < -0.39 is 150 Å². The Morgan fingerprint density at radius 3 is 1.06 bits per heavy atom. The van der Waals surface area contributed by atoms with Crippen LogP contribution in [0.3, 0.4) is 0 Å². The maximum absolute atomic E-state index is 13.2. The van der Waals surface area contributed by atoms with Crippen molar-refractivity contribution < 1.29 is 150 Å². The van der Waals surface area contributed by atoms with Crippen LogP contribution in [0, 0.1) is 29.6 Å². The first-order valence-corrected chi connectivity index (χ1v) is 36.0. The van der Waals surface area contributed by atoms with Crippen LogP contribution >= 0.6 is 11.8 Å². The quantitative estimate of drug-likeness (QED) is 0.0528. The van der Waals surface area contributed by atoms with Gasteiger partial charge in [-0.05, 0) is 193 Å². The number of alkyl halides is 8. The highest BCUT2D eigenvalue weighted by atomic mass is 32.2. The summed E-state index contributed by atoms with van der Waals surface area (Å²) in [5.74, 6) is -4.73. The molecule has 13 unspecified atom stereocenters. The molecule has 38 heteroatoms. The van der Waals surface area contributed by atoms with Crippen molar-refractivity contribution in [1.82, 2.24) is 0 Å². The van der Waals surface area contributed by atoms with Crippen LogP contribution in [0.1, 0.15) is 185 Å². The monoisotopic (exact) mass is 1490 g/mol. The third-order valence-electron chi connectivity index (χ3n) is 13.3. The van der Waals surface area contributed by atoms with Gasteiger partial charge in [0.15, 0.2) is 64.9 Å². The van der Waals surface area contributed by atoms with Crippen LogP contribution in [0.2, 0.25) is 0 Å². The molecule has 1 aromatic rings. The summed E-state index contributed by atoms with van der Waals surface area (Å²) in [5, 5.41) is 16.0. The largest absolute Gasteiger partial charge is 0.743 e. The third-order valence-corrected chi connectivity index (χ3v) is 19.0. The number of fused-ring (bicyclic) bond motifs is 6. The standard InChI is InChI=1S/C11H16F2O5S.C10H14F2O6S.C10H14F2O5S2.C10H10F2O5S.4C4H10O/c1-6(11(12,13)19(15,16)17)18-10(14)9-5-7-2-3-8(9)4-7;2*1-5(10(11,12)19(14,15)16)17-9(13)7-4-6-2-3-8(7)18-6;1-7(10(11,12)18(14,15)16)17-9(13)8-5-3-2-4-6-8;4*1-4(2,3)5/h6-9H,2-5H2,1H3,(H,15,16,17);2*5-8H,2-4H2,1H3,(H,14,15,16);2-7H,1H3,(H,14,15,16);4*5H,1-3H3/p-4. The van der Waals surface area contributed by atoms with Gasteiger partial charge in [0, 0.05) is 10.5 Å². The van der Waals surface area contributed by atoms with Gasteiger partial charge >= 0.3 is 44.9 Å². The number of halogens is 8. The van der Waals surface area contributed by atoms with Gasteiger partial charge in [-0.25, -0.2) is 38.5 Å². The Kier molecular flexibility index (Phi) is 33.7. The molecule has 7 rings (SSSR count). The molecule has 4 saturated heterocycles.